The third-order valence-corrected chi connectivity index (χ3v) is 5.11. The second-order valence-corrected chi connectivity index (χ2v) is 6.50. The van der Waals surface area contributed by atoms with Gasteiger partial charge in [-0.25, -0.2) is 22.5 Å². The molecule has 0 atom stereocenters. The molecule has 2 rings (SSSR count). The summed E-state index contributed by atoms with van der Waals surface area (Å²) in [5.74, 6) is -0.816. The van der Waals surface area contributed by atoms with Gasteiger partial charge in [0.25, 0.3) is 10.0 Å². The van der Waals surface area contributed by atoms with Gasteiger partial charge in [-0.15, -0.1) is 0 Å². The molecule has 1 saturated carbocycles. The highest BCUT2D eigenvalue weighted by Gasteiger charge is 2.36. The molecule has 1 aromatic rings. The zero-order valence-corrected chi connectivity index (χ0v) is 11.1. The summed E-state index contributed by atoms with van der Waals surface area (Å²) in [6.07, 6.45) is 5.39. The van der Waals surface area contributed by atoms with E-state index < -0.39 is 20.9 Å². The summed E-state index contributed by atoms with van der Waals surface area (Å²) in [4.78, 5) is 3.59. The Hall–Kier alpha value is -1.01. The zero-order chi connectivity index (χ0) is 13.2. The topological polar surface area (TPSA) is 59.1 Å². The lowest BCUT2D eigenvalue weighted by molar-refractivity contribution is 0.133. The van der Waals surface area contributed by atoms with Crippen molar-refractivity contribution in [2.45, 2.75) is 37.6 Å². The molecule has 0 amide bonds. The van der Waals surface area contributed by atoms with E-state index in [2.05, 4.69) is 16.6 Å². The molecule has 1 N–H and O–H groups in total. The first kappa shape index (κ1) is 13.4. The summed E-state index contributed by atoms with van der Waals surface area (Å²) in [5.41, 5.74) is 0.0539. The van der Waals surface area contributed by atoms with E-state index in [-0.39, 0.29) is 5.41 Å². The highest BCUT2D eigenvalue weighted by atomic mass is 32.2. The minimum absolute atomic E-state index is 0.0539. The molecule has 0 unspecified atom stereocenters. The molecule has 1 aliphatic carbocycles. The van der Waals surface area contributed by atoms with Crippen molar-refractivity contribution in [1.82, 2.24) is 9.71 Å². The number of rotatable bonds is 5. The highest BCUT2D eigenvalue weighted by molar-refractivity contribution is 7.89. The maximum Gasteiger partial charge on any atom is 0.261 e. The summed E-state index contributed by atoms with van der Waals surface area (Å²) in [6, 6.07) is 2.47. The summed E-state index contributed by atoms with van der Waals surface area (Å²) in [7, 11) is -3.85. The number of nitrogens with one attached hydrogen (secondary N) is 1. The Bertz CT molecular complexity index is 521. The van der Waals surface area contributed by atoms with E-state index in [4.69, 9.17) is 0 Å². The molecule has 0 aromatic carbocycles. The Morgan fingerprint density at radius 3 is 2.72 bits per heavy atom. The molecule has 1 heterocycles. The first-order valence-electron chi connectivity index (χ1n) is 6.09. The molecule has 1 aromatic heterocycles. The van der Waals surface area contributed by atoms with Gasteiger partial charge in [0.2, 0.25) is 5.03 Å². The lowest BCUT2D eigenvalue weighted by Crippen LogP contribution is -2.42. The average Bonchev–Trinajstić information content (AvgIpc) is 2.28. The van der Waals surface area contributed by atoms with Crippen LogP contribution in [0.25, 0.3) is 0 Å². The van der Waals surface area contributed by atoms with E-state index in [0.717, 1.165) is 31.7 Å². The molecular formula is C12H17FN2O2S. The zero-order valence-electron chi connectivity index (χ0n) is 10.3. The smallest absolute Gasteiger partial charge is 0.241 e. The number of pyridine rings is 1. The van der Waals surface area contributed by atoms with Crippen molar-refractivity contribution in [3.8, 4) is 0 Å². The van der Waals surface area contributed by atoms with Gasteiger partial charge in [-0.3, -0.25) is 0 Å². The normalized spacial score (nSPS) is 18.3. The van der Waals surface area contributed by atoms with Crippen LogP contribution in [0.4, 0.5) is 4.39 Å². The molecule has 1 fully saturated rings. The van der Waals surface area contributed by atoms with Crippen molar-refractivity contribution in [2.75, 3.05) is 6.54 Å². The van der Waals surface area contributed by atoms with Gasteiger partial charge >= 0.3 is 0 Å². The Morgan fingerprint density at radius 1 is 1.50 bits per heavy atom. The summed E-state index contributed by atoms with van der Waals surface area (Å²) in [6.45, 7) is 2.41. The average molecular weight is 272 g/mol. The number of sulfonamides is 1. The van der Waals surface area contributed by atoms with Crippen molar-refractivity contribution in [1.29, 1.82) is 0 Å². The van der Waals surface area contributed by atoms with Crippen molar-refractivity contribution in [3.05, 3.63) is 24.1 Å². The van der Waals surface area contributed by atoms with Gasteiger partial charge in [-0.1, -0.05) is 13.3 Å². The molecule has 0 spiro atoms. The molecule has 1 aliphatic rings. The lowest BCUT2D eigenvalue weighted by atomic mass is 9.67. The fourth-order valence-electron chi connectivity index (χ4n) is 2.22. The number of aromatic nitrogens is 1. The van der Waals surface area contributed by atoms with E-state index in [0.29, 0.717) is 6.54 Å². The molecular weight excluding hydrogens is 255 g/mol. The van der Waals surface area contributed by atoms with Gasteiger partial charge in [0, 0.05) is 12.7 Å². The maximum atomic E-state index is 13.4. The van der Waals surface area contributed by atoms with Crippen molar-refractivity contribution >= 4 is 10.0 Å². The van der Waals surface area contributed by atoms with Crippen LogP contribution in [-0.2, 0) is 10.0 Å². The molecule has 6 heteroatoms. The molecule has 18 heavy (non-hydrogen) atoms. The van der Waals surface area contributed by atoms with Gasteiger partial charge in [-0.05, 0) is 36.8 Å². The quantitative estimate of drug-likeness (QED) is 0.892. The minimum atomic E-state index is -3.85. The monoisotopic (exact) mass is 272 g/mol. The Balaban J connectivity index is 2.11. The van der Waals surface area contributed by atoms with Crippen LogP contribution in [0.3, 0.4) is 0 Å². The molecule has 100 valence electrons. The first-order valence-corrected chi connectivity index (χ1v) is 7.58. The fraction of sp³-hybridized carbons (Fsp3) is 0.583. The van der Waals surface area contributed by atoms with Crippen LogP contribution >= 0.6 is 0 Å². The molecule has 0 bridgehead atoms. The van der Waals surface area contributed by atoms with E-state index in [1.54, 1.807) is 0 Å². The molecule has 0 radical (unpaired) electrons. The van der Waals surface area contributed by atoms with Gasteiger partial charge in [0.1, 0.15) is 0 Å². The van der Waals surface area contributed by atoms with E-state index in [1.165, 1.54) is 12.3 Å². The van der Waals surface area contributed by atoms with Gasteiger partial charge in [-0.2, -0.15) is 0 Å². The fourth-order valence-corrected chi connectivity index (χ4v) is 3.37. The van der Waals surface area contributed by atoms with Crippen LogP contribution in [0.2, 0.25) is 0 Å². The Morgan fingerprint density at radius 2 is 2.22 bits per heavy atom. The number of hydrogen-bond acceptors (Lipinski definition) is 3. The van der Waals surface area contributed by atoms with Gasteiger partial charge in [0.15, 0.2) is 5.82 Å². The highest BCUT2D eigenvalue weighted by Crippen LogP contribution is 2.43. The second kappa shape index (κ2) is 4.93. The van der Waals surface area contributed by atoms with Crippen molar-refractivity contribution in [2.24, 2.45) is 5.41 Å². The van der Waals surface area contributed by atoms with Crippen LogP contribution in [0.5, 0.6) is 0 Å². The van der Waals surface area contributed by atoms with Gasteiger partial charge < -0.3 is 0 Å². The van der Waals surface area contributed by atoms with Crippen LogP contribution < -0.4 is 4.72 Å². The van der Waals surface area contributed by atoms with Crippen molar-refractivity contribution < 1.29 is 12.8 Å². The Labute approximate surface area is 107 Å². The largest absolute Gasteiger partial charge is 0.261 e. The number of hydrogen-bond donors (Lipinski definition) is 1. The maximum absolute atomic E-state index is 13.4. The molecule has 0 aliphatic heterocycles. The van der Waals surface area contributed by atoms with Crippen LogP contribution in [0, 0.1) is 11.2 Å². The number of nitrogens with zero attached hydrogens (tertiary/aromatic N) is 1. The van der Waals surface area contributed by atoms with Crippen LogP contribution in [0.15, 0.2) is 23.4 Å². The summed E-state index contributed by atoms with van der Waals surface area (Å²) >= 11 is 0. The third-order valence-electron chi connectivity index (χ3n) is 3.78. The van der Waals surface area contributed by atoms with E-state index in [9.17, 15) is 12.8 Å². The third kappa shape index (κ3) is 2.54. The van der Waals surface area contributed by atoms with Crippen molar-refractivity contribution in [3.63, 3.8) is 0 Å². The number of halogens is 1. The SMILES string of the molecule is CCC1(CNS(=O)(=O)c2ncccc2F)CCC1. The van der Waals surface area contributed by atoms with E-state index >= 15 is 0 Å². The summed E-state index contributed by atoms with van der Waals surface area (Å²) in [5, 5.41) is -0.518. The summed E-state index contributed by atoms with van der Waals surface area (Å²) < 4.78 is 39.8. The second-order valence-electron chi connectivity index (χ2n) is 4.82. The molecule has 4 nitrogen and oxygen atoms in total. The lowest BCUT2D eigenvalue weighted by Gasteiger charge is -2.41. The Kier molecular flexibility index (Phi) is 3.68. The molecule has 0 saturated heterocycles. The first-order chi connectivity index (χ1) is 8.49. The van der Waals surface area contributed by atoms with Crippen LogP contribution in [-0.4, -0.2) is 19.9 Å². The minimum Gasteiger partial charge on any atom is -0.241 e. The predicted octanol–water partition coefficient (Wildman–Crippen LogP) is 2.08. The van der Waals surface area contributed by atoms with E-state index in [1.807, 2.05) is 0 Å². The standard InChI is InChI=1S/C12H17FN2O2S/c1-2-12(6-4-7-12)9-15-18(16,17)11-10(13)5-3-8-14-11/h3,5,8,15H,2,4,6-7,9H2,1H3. The van der Waals surface area contributed by atoms with Gasteiger partial charge in [0.05, 0.1) is 0 Å². The predicted molar refractivity (Wildman–Crippen MR) is 66.0 cm³/mol. The van der Waals surface area contributed by atoms with Crippen LogP contribution in [0.1, 0.15) is 32.6 Å².